The molecule has 1 saturated heterocycles. The van der Waals surface area contributed by atoms with Crippen LogP contribution in [0.2, 0.25) is 0 Å². The van der Waals surface area contributed by atoms with Crippen LogP contribution in [-0.2, 0) is 4.74 Å². The lowest BCUT2D eigenvalue weighted by atomic mass is 10.1. The van der Waals surface area contributed by atoms with Gasteiger partial charge in [-0.2, -0.15) is 0 Å². The van der Waals surface area contributed by atoms with Crippen LogP contribution in [0.1, 0.15) is 13.3 Å². The Morgan fingerprint density at radius 3 is 2.73 bits per heavy atom. The Hall–Kier alpha value is -1.46. The maximum atomic E-state index is 11.4. The maximum absolute atomic E-state index is 11.4. The predicted molar refractivity (Wildman–Crippen MR) is 56.7 cm³/mol. The summed E-state index contributed by atoms with van der Waals surface area (Å²) in [7, 11) is 1.38. The summed E-state index contributed by atoms with van der Waals surface area (Å²) < 4.78 is 4.70. The van der Waals surface area contributed by atoms with Gasteiger partial charge in [-0.3, -0.25) is 5.41 Å². The van der Waals surface area contributed by atoms with Crippen molar-refractivity contribution in [3.05, 3.63) is 0 Å². The second-order valence-corrected chi connectivity index (χ2v) is 3.56. The van der Waals surface area contributed by atoms with Gasteiger partial charge in [-0.05, 0) is 6.42 Å². The Balaban J connectivity index is 2.64. The Labute approximate surface area is 89.5 Å². The molecular weight excluding hydrogens is 196 g/mol. The molecule has 1 rings (SSSR count). The zero-order valence-corrected chi connectivity index (χ0v) is 9.19. The number of piperazine rings is 1. The molecule has 1 aliphatic heterocycles. The molecule has 15 heavy (non-hydrogen) atoms. The quantitative estimate of drug-likeness (QED) is 0.477. The number of hydrogen-bond donors (Lipinski definition) is 2. The van der Waals surface area contributed by atoms with Crippen LogP contribution in [0.15, 0.2) is 0 Å². The topological polar surface area (TPSA) is 82.7 Å². The first-order valence-corrected chi connectivity index (χ1v) is 5.03. The third kappa shape index (κ3) is 2.51. The molecule has 6 nitrogen and oxygen atoms in total. The Morgan fingerprint density at radius 1 is 1.60 bits per heavy atom. The number of amides is 1. The molecular formula is C9H18N4O2. The maximum Gasteiger partial charge on any atom is 0.409 e. The first-order chi connectivity index (χ1) is 7.10. The molecule has 1 amide bonds. The summed E-state index contributed by atoms with van der Waals surface area (Å²) in [6, 6.07) is 0.0788. The lowest BCUT2D eigenvalue weighted by Gasteiger charge is -2.40. The summed E-state index contributed by atoms with van der Waals surface area (Å²) in [6.45, 7) is 3.77. The highest BCUT2D eigenvalue weighted by Gasteiger charge is 2.30. The number of nitrogens with one attached hydrogen (secondary N) is 1. The summed E-state index contributed by atoms with van der Waals surface area (Å²) in [5.74, 6) is 0.0676. The third-order valence-corrected chi connectivity index (χ3v) is 2.70. The number of methoxy groups -OCH3 is 1. The number of guanidine groups is 1. The fourth-order valence-corrected chi connectivity index (χ4v) is 1.78. The molecule has 1 atom stereocenters. The minimum absolute atomic E-state index is 0.0676. The Bertz CT molecular complexity index is 256. The number of hydrogen-bond acceptors (Lipinski definition) is 3. The number of carbonyl (C=O) groups is 1. The smallest absolute Gasteiger partial charge is 0.409 e. The summed E-state index contributed by atoms with van der Waals surface area (Å²) in [4.78, 5) is 14.9. The van der Waals surface area contributed by atoms with Crippen LogP contribution >= 0.6 is 0 Å². The summed E-state index contributed by atoms with van der Waals surface area (Å²) in [5, 5.41) is 7.34. The van der Waals surface area contributed by atoms with Crippen molar-refractivity contribution in [1.82, 2.24) is 9.80 Å². The van der Waals surface area contributed by atoms with Crippen molar-refractivity contribution >= 4 is 12.1 Å². The fraction of sp³-hybridized carbons (Fsp3) is 0.778. The van der Waals surface area contributed by atoms with E-state index in [1.807, 2.05) is 6.92 Å². The van der Waals surface area contributed by atoms with Crippen LogP contribution in [0, 0.1) is 5.41 Å². The molecule has 6 heteroatoms. The van der Waals surface area contributed by atoms with E-state index in [9.17, 15) is 4.79 Å². The van der Waals surface area contributed by atoms with E-state index < -0.39 is 0 Å². The van der Waals surface area contributed by atoms with Crippen LogP contribution < -0.4 is 5.73 Å². The van der Waals surface area contributed by atoms with Crippen molar-refractivity contribution in [2.45, 2.75) is 19.4 Å². The van der Waals surface area contributed by atoms with Gasteiger partial charge in [0.15, 0.2) is 5.96 Å². The van der Waals surface area contributed by atoms with Crippen molar-refractivity contribution in [3.8, 4) is 0 Å². The minimum atomic E-state index is -0.301. The lowest BCUT2D eigenvalue weighted by Crippen LogP contribution is -2.57. The molecule has 0 aliphatic carbocycles. The van der Waals surface area contributed by atoms with E-state index in [1.165, 1.54) is 7.11 Å². The van der Waals surface area contributed by atoms with Gasteiger partial charge in [0.1, 0.15) is 0 Å². The summed E-state index contributed by atoms with van der Waals surface area (Å²) >= 11 is 0. The van der Waals surface area contributed by atoms with E-state index in [4.69, 9.17) is 15.9 Å². The summed E-state index contributed by atoms with van der Waals surface area (Å²) in [6.07, 6.45) is 0.531. The second-order valence-electron chi connectivity index (χ2n) is 3.56. The van der Waals surface area contributed by atoms with Gasteiger partial charge in [-0.15, -0.1) is 0 Å². The molecule has 1 heterocycles. The molecule has 0 radical (unpaired) electrons. The van der Waals surface area contributed by atoms with E-state index in [0.717, 1.165) is 6.42 Å². The largest absolute Gasteiger partial charge is 0.453 e. The highest BCUT2D eigenvalue weighted by molar-refractivity contribution is 5.75. The summed E-state index contributed by atoms with van der Waals surface area (Å²) in [5.41, 5.74) is 5.41. The van der Waals surface area contributed by atoms with Gasteiger partial charge in [0.05, 0.1) is 13.2 Å². The van der Waals surface area contributed by atoms with Crippen molar-refractivity contribution in [2.24, 2.45) is 5.73 Å². The number of rotatable bonds is 1. The average molecular weight is 214 g/mol. The van der Waals surface area contributed by atoms with E-state index in [-0.39, 0.29) is 18.1 Å². The predicted octanol–water partition coefficient (Wildman–Crippen LogP) is 0.0425. The molecule has 0 spiro atoms. The molecule has 3 N–H and O–H groups in total. The molecule has 0 aromatic rings. The van der Waals surface area contributed by atoms with Gasteiger partial charge in [0, 0.05) is 19.6 Å². The van der Waals surface area contributed by atoms with Gasteiger partial charge >= 0.3 is 6.09 Å². The monoisotopic (exact) mass is 214 g/mol. The van der Waals surface area contributed by atoms with Crippen LogP contribution in [0.4, 0.5) is 4.79 Å². The average Bonchev–Trinajstić information content (AvgIpc) is 2.27. The van der Waals surface area contributed by atoms with Gasteiger partial charge in [-0.25, -0.2) is 4.79 Å². The van der Waals surface area contributed by atoms with Gasteiger partial charge < -0.3 is 20.3 Å². The van der Waals surface area contributed by atoms with Crippen LogP contribution in [0.25, 0.3) is 0 Å². The first-order valence-electron chi connectivity index (χ1n) is 5.03. The van der Waals surface area contributed by atoms with Crippen molar-refractivity contribution in [3.63, 3.8) is 0 Å². The second kappa shape index (κ2) is 4.86. The number of nitrogens with two attached hydrogens (primary N) is 1. The van der Waals surface area contributed by atoms with Gasteiger partial charge in [0.2, 0.25) is 0 Å². The number of ether oxygens (including phenoxy) is 1. The van der Waals surface area contributed by atoms with E-state index >= 15 is 0 Å². The highest BCUT2D eigenvalue weighted by atomic mass is 16.5. The van der Waals surface area contributed by atoms with Crippen LogP contribution in [0.5, 0.6) is 0 Å². The number of carbonyl (C=O) groups excluding carboxylic acids is 1. The molecule has 0 bridgehead atoms. The molecule has 0 aromatic heterocycles. The van der Waals surface area contributed by atoms with Crippen molar-refractivity contribution < 1.29 is 9.53 Å². The molecule has 0 saturated carbocycles. The van der Waals surface area contributed by atoms with Crippen molar-refractivity contribution in [2.75, 3.05) is 26.7 Å². The van der Waals surface area contributed by atoms with Crippen LogP contribution in [0.3, 0.4) is 0 Å². The number of nitrogens with zero attached hydrogens (tertiary/aromatic N) is 2. The van der Waals surface area contributed by atoms with E-state index in [2.05, 4.69) is 0 Å². The molecule has 1 fully saturated rings. The van der Waals surface area contributed by atoms with E-state index in [1.54, 1.807) is 9.80 Å². The zero-order chi connectivity index (χ0) is 11.4. The SMILES string of the molecule is CCC1CN(C(=N)N)CCN1C(=O)OC. The lowest BCUT2D eigenvalue weighted by molar-refractivity contribution is 0.0743. The fourth-order valence-electron chi connectivity index (χ4n) is 1.78. The molecule has 1 aliphatic rings. The Kier molecular flexibility index (Phi) is 3.76. The van der Waals surface area contributed by atoms with E-state index in [0.29, 0.717) is 19.6 Å². The molecule has 86 valence electrons. The molecule has 1 unspecified atom stereocenters. The Morgan fingerprint density at radius 2 is 2.27 bits per heavy atom. The normalized spacial score (nSPS) is 21.3. The standard InChI is InChI=1S/C9H18N4O2/c1-3-7-6-12(8(10)11)4-5-13(7)9(14)15-2/h7H,3-6H2,1-2H3,(H3,10,11). The van der Waals surface area contributed by atoms with Gasteiger partial charge in [-0.1, -0.05) is 6.92 Å². The zero-order valence-electron chi connectivity index (χ0n) is 9.19. The highest BCUT2D eigenvalue weighted by Crippen LogP contribution is 2.13. The van der Waals surface area contributed by atoms with Crippen LogP contribution in [-0.4, -0.2) is 54.6 Å². The van der Waals surface area contributed by atoms with Gasteiger partial charge in [0.25, 0.3) is 0 Å². The molecule has 0 aromatic carbocycles. The third-order valence-electron chi connectivity index (χ3n) is 2.70. The first kappa shape index (κ1) is 11.6. The minimum Gasteiger partial charge on any atom is -0.453 e. The van der Waals surface area contributed by atoms with Crippen molar-refractivity contribution in [1.29, 1.82) is 5.41 Å².